The summed E-state index contributed by atoms with van der Waals surface area (Å²) in [7, 11) is 0. The number of nitrogens with one attached hydrogen (secondary N) is 1. The molecule has 0 unspecified atom stereocenters. The molecule has 0 amide bonds. The maximum atomic E-state index is 10.3. The predicted octanol–water partition coefficient (Wildman–Crippen LogP) is 2.12. The molecule has 0 radical (unpaired) electrons. The molecule has 4 nitrogen and oxygen atoms in total. The Morgan fingerprint density at radius 2 is 2.00 bits per heavy atom. The SMILES string of the molecule is CC(C)(CO)[C@@H](c1cc(Br)ccc1O)N1CCNCC1. The fraction of sp³-hybridized carbons (Fsp3) is 0.600. The van der Waals surface area contributed by atoms with Crippen molar-refractivity contribution in [2.45, 2.75) is 19.9 Å². The zero-order valence-corrected chi connectivity index (χ0v) is 13.7. The first-order valence-electron chi connectivity index (χ1n) is 7.00. The van der Waals surface area contributed by atoms with Crippen molar-refractivity contribution in [2.75, 3.05) is 32.8 Å². The molecule has 0 aliphatic carbocycles. The van der Waals surface area contributed by atoms with Gasteiger partial charge in [0.25, 0.3) is 0 Å². The summed E-state index contributed by atoms with van der Waals surface area (Å²) in [6.07, 6.45) is 0. The molecule has 0 saturated carbocycles. The Hall–Kier alpha value is -0.620. The topological polar surface area (TPSA) is 55.7 Å². The van der Waals surface area contributed by atoms with Gasteiger partial charge in [0.1, 0.15) is 5.75 Å². The third-order valence-corrected chi connectivity index (χ3v) is 4.44. The molecule has 1 heterocycles. The van der Waals surface area contributed by atoms with Gasteiger partial charge < -0.3 is 15.5 Å². The highest BCUT2D eigenvalue weighted by molar-refractivity contribution is 9.10. The Labute approximate surface area is 128 Å². The summed E-state index contributed by atoms with van der Waals surface area (Å²) in [4.78, 5) is 2.34. The van der Waals surface area contributed by atoms with Gasteiger partial charge in [-0.25, -0.2) is 0 Å². The molecule has 1 fully saturated rings. The van der Waals surface area contributed by atoms with Gasteiger partial charge in [0, 0.05) is 54.3 Å². The van der Waals surface area contributed by atoms with E-state index >= 15 is 0 Å². The number of halogens is 1. The molecule has 0 aromatic heterocycles. The highest BCUT2D eigenvalue weighted by Gasteiger charge is 2.37. The number of hydrogen-bond acceptors (Lipinski definition) is 4. The normalized spacial score (nSPS) is 19.0. The largest absolute Gasteiger partial charge is 0.508 e. The number of phenols is 1. The molecule has 3 N–H and O–H groups in total. The molecule has 2 rings (SSSR count). The fourth-order valence-corrected chi connectivity index (χ4v) is 3.26. The summed E-state index contributed by atoms with van der Waals surface area (Å²) < 4.78 is 0.944. The van der Waals surface area contributed by atoms with Crippen LogP contribution in [0.5, 0.6) is 5.75 Å². The van der Waals surface area contributed by atoms with Crippen molar-refractivity contribution < 1.29 is 10.2 Å². The summed E-state index contributed by atoms with van der Waals surface area (Å²) in [5.74, 6) is 0.290. The summed E-state index contributed by atoms with van der Waals surface area (Å²) in [6, 6.07) is 5.49. The molecular formula is C15H23BrN2O2. The molecular weight excluding hydrogens is 320 g/mol. The first-order valence-corrected chi connectivity index (χ1v) is 7.79. The van der Waals surface area contributed by atoms with E-state index in [1.54, 1.807) is 6.07 Å². The molecule has 5 heteroatoms. The lowest BCUT2D eigenvalue weighted by Crippen LogP contribution is -2.49. The second kappa shape index (κ2) is 6.43. The monoisotopic (exact) mass is 342 g/mol. The average molecular weight is 343 g/mol. The molecule has 1 atom stereocenters. The third-order valence-electron chi connectivity index (χ3n) is 3.95. The van der Waals surface area contributed by atoms with Gasteiger partial charge in [-0.2, -0.15) is 0 Å². The first kappa shape index (κ1) is 15.8. The van der Waals surface area contributed by atoms with Crippen LogP contribution >= 0.6 is 15.9 Å². The quantitative estimate of drug-likeness (QED) is 0.784. The zero-order valence-electron chi connectivity index (χ0n) is 12.1. The number of nitrogens with zero attached hydrogens (tertiary/aromatic N) is 1. The van der Waals surface area contributed by atoms with E-state index in [0.717, 1.165) is 36.2 Å². The van der Waals surface area contributed by atoms with Crippen LogP contribution in [0.1, 0.15) is 25.5 Å². The van der Waals surface area contributed by atoms with Crippen LogP contribution in [0.25, 0.3) is 0 Å². The maximum absolute atomic E-state index is 10.3. The number of phenolic OH excluding ortho intramolecular Hbond substituents is 1. The van der Waals surface area contributed by atoms with Gasteiger partial charge in [-0.05, 0) is 18.2 Å². The van der Waals surface area contributed by atoms with E-state index in [4.69, 9.17) is 0 Å². The highest BCUT2D eigenvalue weighted by atomic mass is 79.9. The lowest BCUT2D eigenvalue weighted by molar-refractivity contribution is 0.0293. The van der Waals surface area contributed by atoms with E-state index in [0.29, 0.717) is 5.75 Å². The average Bonchev–Trinajstić information content (AvgIpc) is 2.44. The first-order chi connectivity index (χ1) is 9.45. The van der Waals surface area contributed by atoms with Crippen LogP contribution in [-0.2, 0) is 0 Å². The number of rotatable bonds is 4. The van der Waals surface area contributed by atoms with Crippen LogP contribution < -0.4 is 5.32 Å². The lowest BCUT2D eigenvalue weighted by Gasteiger charge is -2.43. The van der Waals surface area contributed by atoms with Crippen molar-refractivity contribution in [3.05, 3.63) is 28.2 Å². The van der Waals surface area contributed by atoms with E-state index in [1.165, 1.54) is 0 Å². The van der Waals surface area contributed by atoms with Gasteiger partial charge in [-0.15, -0.1) is 0 Å². The minimum atomic E-state index is -0.324. The van der Waals surface area contributed by atoms with E-state index in [2.05, 4.69) is 26.1 Å². The van der Waals surface area contributed by atoms with Crippen LogP contribution in [0.3, 0.4) is 0 Å². The number of aromatic hydroxyl groups is 1. The molecule has 1 aliphatic rings. The van der Waals surface area contributed by atoms with Gasteiger partial charge in [0.05, 0.1) is 0 Å². The van der Waals surface area contributed by atoms with E-state index in [1.807, 2.05) is 26.0 Å². The standard InChI is InChI=1S/C15H23BrN2O2/c1-15(2,10-19)14(18-7-5-17-6-8-18)12-9-11(16)3-4-13(12)20/h3-4,9,14,17,19-20H,5-8,10H2,1-2H3/t14-/m1/s1. The van der Waals surface area contributed by atoms with Crippen LogP contribution in [0.15, 0.2) is 22.7 Å². The van der Waals surface area contributed by atoms with E-state index < -0.39 is 0 Å². The van der Waals surface area contributed by atoms with Crippen molar-refractivity contribution in [3.63, 3.8) is 0 Å². The smallest absolute Gasteiger partial charge is 0.120 e. The second-order valence-electron chi connectivity index (χ2n) is 6.04. The Kier molecular flexibility index (Phi) is 5.07. The molecule has 1 saturated heterocycles. The summed E-state index contributed by atoms with van der Waals surface area (Å²) in [5, 5.41) is 23.4. The Morgan fingerprint density at radius 1 is 1.35 bits per heavy atom. The van der Waals surface area contributed by atoms with Crippen LogP contribution in [-0.4, -0.2) is 47.9 Å². The van der Waals surface area contributed by atoms with Gasteiger partial charge in [0.15, 0.2) is 0 Å². The molecule has 0 spiro atoms. The number of benzene rings is 1. The van der Waals surface area contributed by atoms with E-state index in [9.17, 15) is 10.2 Å². The Bertz CT molecular complexity index is 459. The number of hydrogen-bond donors (Lipinski definition) is 3. The molecule has 112 valence electrons. The Morgan fingerprint density at radius 3 is 2.60 bits per heavy atom. The number of piperazine rings is 1. The zero-order chi connectivity index (χ0) is 14.8. The molecule has 0 bridgehead atoms. The van der Waals surface area contributed by atoms with Gasteiger partial charge in [-0.3, -0.25) is 4.90 Å². The highest BCUT2D eigenvalue weighted by Crippen LogP contribution is 2.42. The lowest BCUT2D eigenvalue weighted by atomic mass is 9.79. The Balaban J connectivity index is 2.42. The van der Waals surface area contributed by atoms with Crippen molar-refractivity contribution >= 4 is 15.9 Å². The van der Waals surface area contributed by atoms with Crippen LogP contribution in [0.2, 0.25) is 0 Å². The van der Waals surface area contributed by atoms with Crippen molar-refractivity contribution in [1.82, 2.24) is 10.2 Å². The van der Waals surface area contributed by atoms with Gasteiger partial charge >= 0.3 is 0 Å². The fourth-order valence-electron chi connectivity index (χ4n) is 2.88. The second-order valence-corrected chi connectivity index (χ2v) is 6.95. The van der Waals surface area contributed by atoms with Crippen molar-refractivity contribution in [2.24, 2.45) is 5.41 Å². The number of aliphatic hydroxyl groups excluding tert-OH is 1. The number of aliphatic hydroxyl groups is 1. The molecule has 1 aliphatic heterocycles. The van der Waals surface area contributed by atoms with Crippen molar-refractivity contribution in [1.29, 1.82) is 0 Å². The van der Waals surface area contributed by atoms with Crippen molar-refractivity contribution in [3.8, 4) is 5.75 Å². The van der Waals surface area contributed by atoms with E-state index in [-0.39, 0.29) is 18.1 Å². The van der Waals surface area contributed by atoms with Gasteiger partial charge in [0.2, 0.25) is 0 Å². The summed E-state index contributed by atoms with van der Waals surface area (Å²) in [6.45, 7) is 7.87. The van der Waals surface area contributed by atoms with Gasteiger partial charge in [-0.1, -0.05) is 29.8 Å². The summed E-state index contributed by atoms with van der Waals surface area (Å²) in [5.41, 5.74) is 0.552. The molecule has 1 aromatic carbocycles. The minimum absolute atomic E-state index is 0.00731. The van der Waals surface area contributed by atoms with Crippen LogP contribution in [0, 0.1) is 5.41 Å². The maximum Gasteiger partial charge on any atom is 0.120 e. The molecule has 1 aromatic rings. The minimum Gasteiger partial charge on any atom is -0.508 e. The molecule has 20 heavy (non-hydrogen) atoms. The predicted molar refractivity (Wildman–Crippen MR) is 83.9 cm³/mol. The van der Waals surface area contributed by atoms with Crippen LogP contribution in [0.4, 0.5) is 0 Å². The third kappa shape index (κ3) is 3.34. The summed E-state index contributed by atoms with van der Waals surface area (Å²) >= 11 is 3.47.